The molecule has 0 aliphatic heterocycles. The Balaban J connectivity index is 1.22. The maximum absolute atomic E-state index is 12.7. The minimum atomic E-state index is -0.231. The van der Waals surface area contributed by atoms with Crippen molar-refractivity contribution >= 4 is 22.4 Å². The van der Waals surface area contributed by atoms with Crippen molar-refractivity contribution in [3.63, 3.8) is 0 Å². The highest BCUT2D eigenvalue weighted by Gasteiger charge is 2.62. The van der Waals surface area contributed by atoms with Crippen LogP contribution in [0.25, 0.3) is 0 Å². The third-order valence-electron chi connectivity index (χ3n) is 11.4. The summed E-state index contributed by atoms with van der Waals surface area (Å²) < 4.78 is 0. The normalized spacial score (nSPS) is 42.9. The summed E-state index contributed by atoms with van der Waals surface area (Å²) in [6.07, 6.45) is 9.64. The number of amides is 1. The van der Waals surface area contributed by atoms with Crippen molar-refractivity contribution in [2.24, 2.45) is 46.3 Å². The fourth-order valence-electron chi connectivity index (χ4n) is 9.44. The van der Waals surface area contributed by atoms with Crippen molar-refractivity contribution in [1.29, 1.82) is 0 Å². The van der Waals surface area contributed by atoms with Gasteiger partial charge >= 0.3 is 0 Å². The lowest BCUT2D eigenvalue weighted by Crippen LogP contribution is -2.58. The van der Waals surface area contributed by atoms with Crippen LogP contribution in [0.1, 0.15) is 110 Å². The van der Waals surface area contributed by atoms with Crippen molar-refractivity contribution in [2.45, 2.75) is 117 Å². The SMILES string of the molecule is CC(C)c1nnc(NC(=O)CC[C@@H](C)[C@@H]2CC[C@@H]3[C@H]4[C@@H](O)C[C@@H]5C[C@H](O)CC[C@]5(C)[C@H]4CC[C@@]32C)s1. The molecule has 0 aromatic carbocycles. The zero-order chi connectivity index (χ0) is 25.8. The van der Waals surface area contributed by atoms with Crippen molar-refractivity contribution in [3.05, 3.63) is 5.01 Å². The molecule has 36 heavy (non-hydrogen) atoms. The maximum Gasteiger partial charge on any atom is 0.226 e. The molecule has 1 heterocycles. The molecule has 10 atom stereocenters. The van der Waals surface area contributed by atoms with Gasteiger partial charge in [-0.1, -0.05) is 46.0 Å². The monoisotopic (exact) mass is 517 g/mol. The first-order valence-corrected chi connectivity index (χ1v) is 15.3. The molecule has 7 heteroatoms. The maximum atomic E-state index is 12.7. The van der Waals surface area contributed by atoms with Gasteiger partial charge in [-0.05, 0) is 104 Å². The zero-order valence-electron chi connectivity index (χ0n) is 22.9. The van der Waals surface area contributed by atoms with Gasteiger partial charge in [-0.25, -0.2) is 0 Å². The molecule has 4 fully saturated rings. The molecule has 0 saturated heterocycles. The Morgan fingerprint density at radius 3 is 2.47 bits per heavy atom. The molecule has 4 aliphatic rings. The Hall–Kier alpha value is -1.05. The average Bonchev–Trinajstić information content (AvgIpc) is 3.43. The van der Waals surface area contributed by atoms with E-state index >= 15 is 0 Å². The molecule has 1 amide bonds. The summed E-state index contributed by atoms with van der Waals surface area (Å²) in [6, 6.07) is 0. The van der Waals surface area contributed by atoms with E-state index in [0.717, 1.165) is 37.1 Å². The lowest BCUT2D eigenvalue weighted by Gasteiger charge is -2.62. The molecule has 1 aromatic rings. The second kappa shape index (κ2) is 9.92. The Bertz CT molecular complexity index is 952. The van der Waals surface area contributed by atoms with E-state index in [2.05, 4.69) is 50.1 Å². The van der Waals surface area contributed by atoms with Crippen LogP contribution >= 0.6 is 11.3 Å². The van der Waals surface area contributed by atoms with E-state index in [1.165, 1.54) is 37.0 Å². The van der Waals surface area contributed by atoms with Gasteiger partial charge in [0.15, 0.2) is 0 Å². The fraction of sp³-hybridized carbons (Fsp3) is 0.897. The number of aliphatic hydroxyl groups is 2. The Labute approximate surface area is 221 Å². The first-order valence-electron chi connectivity index (χ1n) is 14.5. The fourth-order valence-corrected chi connectivity index (χ4v) is 10.2. The van der Waals surface area contributed by atoms with E-state index in [1.54, 1.807) is 0 Å². The molecular weight excluding hydrogens is 470 g/mol. The van der Waals surface area contributed by atoms with Gasteiger partial charge < -0.3 is 15.5 Å². The van der Waals surface area contributed by atoms with Gasteiger partial charge in [-0.3, -0.25) is 4.79 Å². The number of rotatable bonds is 6. The minimum absolute atomic E-state index is 0.0397. The van der Waals surface area contributed by atoms with Crippen molar-refractivity contribution < 1.29 is 15.0 Å². The smallest absolute Gasteiger partial charge is 0.226 e. The van der Waals surface area contributed by atoms with Crippen LogP contribution in [0, 0.1) is 46.3 Å². The first kappa shape index (κ1) is 26.6. The number of nitrogens with zero attached hydrogens (tertiary/aromatic N) is 2. The van der Waals surface area contributed by atoms with Crippen LogP contribution in [-0.4, -0.2) is 38.5 Å². The van der Waals surface area contributed by atoms with Crippen LogP contribution in [0.5, 0.6) is 0 Å². The first-order chi connectivity index (χ1) is 17.0. The highest BCUT2D eigenvalue weighted by atomic mass is 32.1. The summed E-state index contributed by atoms with van der Waals surface area (Å²) >= 11 is 1.47. The highest BCUT2D eigenvalue weighted by Crippen LogP contribution is 2.68. The summed E-state index contributed by atoms with van der Waals surface area (Å²) in [5, 5.41) is 34.6. The van der Waals surface area contributed by atoms with E-state index in [0.29, 0.717) is 53.0 Å². The van der Waals surface area contributed by atoms with Gasteiger partial charge in [-0.2, -0.15) is 0 Å². The summed E-state index contributed by atoms with van der Waals surface area (Å²) in [5.74, 6) is 3.47. The second-order valence-corrected chi connectivity index (χ2v) is 14.6. The number of hydrogen-bond acceptors (Lipinski definition) is 6. The van der Waals surface area contributed by atoms with Crippen LogP contribution in [0.15, 0.2) is 0 Å². The molecular formula is C29H47N3O3S. The lowest BCUT2D eigenvalue weighted by atomic mass is 9.43. The van der Waals surface area contributed by atoms with E-state index in [4.69, 9.17) is 0 Å². The number of anilines is 1. The molecule has 0 radical (unpaired) electrons. The molecule has 0 bridgehead atoms. The van der Waals surface area contributed by atoms with Crippen molar-refractivity contribution in [1.82, 2.24) is 10.2 Å². The number of fused-ring (bicyclic) bond motifs is 5. The lowest BCUT2D eigenvalue weighted by molar-refractivity contribution is -0.174. The summed E-state index contributed by atoms with van der Waals surface area (Å²) in [6.45, 7) is 11.5. The Morgan fingerprint density at radius 1 is 1.03 bits per heavy atom. The van der Waals surface area contributed by atoms with Gasteiger partial charge in [0, 0.05) is 12.3 Å². The summed E-state index contributed by atoms with van der Waals surface area (Å²) in [4.78, 5) is 12.7. The Morgan fingerprint density at radius 2 is 1.75 bits per heavy atom. The van der Waals surface area contributed by atoms with Gasteiger partial charge in [0.05, 0.1) is 12.2 Å². The number of hydrogen-bond donors (Lipinski definition) is 3. The van der Waals surface area contributed by atoms with E-state index in [9.17, 15) is 15.0 Å². The minimum Gasteiger partial charge on any atom is -0.393 e. The van der Waals surface area contributed by atoms with Gasteiger partial charge in [0.2, 0.25) is 11.0 Å². The third kappa shape index (κ3) is 4.55. The van der Waals surface area contributed by atoms with Crippen LogP contribution in [0.3, 0.4) is 0 Å². The molecule has 0 spiro atoms. The molecule has 3 N–H and O–H groups in total. The molecule has 5 rings (SSSR count). The number of carbonyl (C=O) groups excluding carboxylic acids is 1. The third-order valence-corrected chi connectivity index (χ3v) is 12.6. The predicted octanol–water partition coefficient (Wildman–Crippen LogP) is 6.01. The van der Waals surface area contributed by atoms with Crippen molar-refractivity contribution in [3.8, 4) is 0 Å². The Kier molecular flexibility index (Phi) is 7.32. The van der Waals surface area contributed by atoms with Crippen LogP contribution < -0.4 is 5.32 Å². The van der Waals surface area contributed by atoms with Crippen LogP contribution in [-0.2, 0) is 4.79 Å². The van der Waals surface area contributed by atoms with E-state index < -0.39 is 0 Å². The predicted molar refractivity (Wildman–Crippen MR) is 144 cm³/mol. The number of carbonyl (C=O) groups is 1. The van der Waals surface area contributed by atoms with Gasteiger partial charge in [0.25, 0.3) is 0 Å². The molecule has 4 saturated carbocycles. The van der Waals surface area contributed by atoms with Crippen LogP contribution in [0.4, 0.5) is 5.13 Å². The number of aliphatic hydroxyl groups excluding tert-OH is 2. The van der Waals surface area contributed by atoms with E-state index in [-0.39, 0.29) is 28.9 Å². The summed E-state index contributed by atoms with van der Waals surface area (Å²) in [5.41, 5.74) is 0.521. The quantitative estimate of drug-likeness (QED) is 0.430. The largest absolute Gasteiger partial charge is 0.393 e. The number of nitrogens with one attached hydrogen (secondary N) is 1. The molecule has 6 nitrogen and oxygen atoms in total. The van der Waals surface area contributed by atoms with Crippen LogP contribution in [0.2, 0.25) is 0 Å². The molecule has 4 aliphatic carbocycles. The second-order valence-electron chi connectivity index (χ2n) is 13.6. The standard InChI is InChI=1S/C29H47N3O3S/c1-16(2)26-31-32-27(36-26)30-24(35)9-6-17(3)20-7-8-21-25-22(11-13-29(20,21)5)28(4)12-10-19(33)14-18(28)15-23(25)34/h16-23,25,33-34H,6-15H2,1-5H3,(H,30,32,35)/t17-,18+,19-,20+,21-,22+,23+,25-,28+,29-/m1/s1. The van der Waals surface area contributed by atoms with Gasteiger partial charge in [0.1, 0.15) is 5.01 Å². The van der Waals surface area contributed by atoms with E-state index in [1.807, 2.05) is 0 Å². The average molecular weight is 518 g/mol. The molecule has 0 unspecified atom stereocenters. The summed E-state index contributed by atoms with van der Waals surface area (Å²) in [7, 11) is 0. The molecule has 1 aromatic heterocycles. The van der Waals surface area contributed by atoms with Crippen molar-refractivity contribution in [2.75, 3.05) is 5.32 Å². The zero-order valence-corrected chi connectivity index (χ0v) is 23.7. The van der Waals surface area contributed by atoms with Gasteiger partial charge in [-0.15, -0.1) is 10.2 Å². The number of aromatic nitrogens is 2. The topological polar surface area (TPSA) is 95.3 Å². The molecule has 202 valence electrons. The highest BCUT2D eigenvalue weighted by molar-refractivity contribution is 7.15.